The van der Waals surface area contributed by atoms with E-state index in [4.69, 9.17) is 0 Å². The number of aryl methyl sites for hydroxylation is 1. The first kappa shape index (κ1) is 35.9. The van der Waals surface area contributed by atoms with Crippen LogP contribution in [-0.4, -0.2) is 41.8 Å². The number of hydrogen-bond acceptors (Lipinski definition) is 3. The minimum atomic E-state index is -4.55. The average Bonchev–Trinajstić information content (AvgIpc) is 3.92. The lowest BCUT2D eigenvalue weighted by molar-refractivity contribution is -0.175. The molecule has 0 spiro atoms. The smallest absolute Gasteiger partial charge is 0.360 e. The molecule has 58 heavy (non-hydrogen) atoms. The van der Waals surface area contributed by atoms with E-state index < -0.39 is 22.9 Å². The van der Waals surface area contributed by atoms with E-state index in [1.54, 1.807) is 0 Å². The first-order valence-corrected chi connectivity index (χ1v) is 21.5. The van der Waals surface area contributed by atoms with Crippen LogP contribution < -0.4 is 0 Å². The van der Waals surface area contributed by atoms with Crippen molar-refractivity contribution in [3.05, 3.63) is 154 Å². The molecule has 1 saturated carbocycles. The molecular weight excluding hydrogens is 728 g/mol. The number of benzene rings is 2. The first-order chi connectivity index (χ1) is 28.2. The van der Waals surface area contributed by atoms with Crippen LogP contribution >= 0.6 is 0 Å². The lowest BCUT2D eigenvalue weighted by Crippen LogP contribution is -2.80. The van der Waals surface area contributed by atoms with Crippen molar-refractivity contribution in [1.29, 1.82) is 0 Å². The largest absolute Gasteiger partial charge is 0.435 e. The molecule has 2 aromatic heterocycles. The van der Waals surface area contributed by atoms with E-state index in [-0.39, 0.29) is 29.8 Å². The van der Waals surface area contributed by atoms with Crippen molar-refractivity contribution in [3.63, 3.8) is 0 Å². The molecule has 296 valence electrons. The average molecular weight is 778 g/mol. The predicted octanol–water partition coefficient (Wildman–Crippen LogP) is 11.9. The van der Waals surface area contributed by atoms with Gasteiger partial charge in [0.25, 0.3) is 0 Å². The molecule has 0 radical (unpaired) electrons. The van der Waals surface area contributed by atoms with Gasteiger partial charge in [-0.05, 0) is 104 Å². The van der Waals surface area contributed by atoms with Crippen LogP contribution in [0.1, 0.15) is 100 Å². The number of fused-ring (bicyclic) bond motifs is 15. The molecule has 3 aliphatic carbocycles. The monoisotopic (exact) mass is 777 g/mol. The lowest BCUT2D eigenvalue weighted by atomic mass is 9.46. The number of aromatic nitrogens is 3. The molecule has 11 rings (SSSR count). The van der Waals surface area contributed by atoms with Gasteiger partial charge >= 0.3 is 6.18 Å². The number of para-hydroxylation sites is 1. The Labute approximate surface area is 338 Å². The van der Waals surface area contributed by atoms with E-state index in [2.05, 4.69) is 157 Å². The summed E-state index contributed by atoms with van der Waals surface area (Å²) >= 11 is 0. The number of rotatable bonds is 7. The SMILES string of the molecule is CCCCc1ccc(-n2c3c(c4ccccc42)C2C4=CC(C)=C5C=CC=CC5N4C(C4CC5(CC)N6C=CCC=C6c6cc(C(F)(F)F)nn6C45CC)C2C=C3)cc1. The van der Waals surface area contributed by atoms with E-state index in [1.165, 1.54) is 63.5 Å². The molecule has 7 aliphatic rings. The van der Waals surface area contributed by atoms with Crippen molar-refractivity contribution >= 4 is 22.7 Å². The fraction of sp³-hybridized carbons (Fsp3) is 0.380. The summed E-state index contributed by atoms with van der Waals surface area (Å²) in [7, 11) is 0. The molecule has 5 nitrogen and oxygen atoms in total. The molecule has 7 atom stereocenters. The summed E-state index contributed by atoms with van der Waals surface area (Å²) < 4.78 is 48.4. The third-order valence-electron chi connectivity index (χ3n) is 15.2. The van der Waals surface area contributed by atoms with Gasteiger partial charge in [-0.15, -0.1) is 0 Å². The van der Waals surface area contributed by atoms with Gasteiger partial charge in [-0.2, -0.15) is 18.3 Å². The number of alkyl halides is 3. The zero-order valence-corrected chi connectivity index (χ0v) is 33.7. The minimum Gasteiger partial charge on any atom is -0.360 e. The first-order valence-electron chi connectivity index (χ1n) is 21.5. The highest BCUT2D eigenvalue weighted by Gasteiger charge is 2.74. The molecule has 7 unspecified atom stereocenters. The third-order valence-corrected chi connectivity index (χ3v) is 15.2. The van der Waals surface area contributed by atoms with Gasteiger partial charge in [-0.1, -0.05) is 100 Å². The van der Waals surface area contributed by atoms with E-state index >= 15 is 0 Å². The Morgan fingerprint density at radius 3 is 2.55 bits per heavy atom. The Balaban J connectivity index is 1.12. The molecule has 0 bridgehead atoms. The Morgan fingerprint density at radius 1 is 0.948 bits per heavy atom. The maximum Gasteiger partial charge on any atom is 0.435 e. The van der Waals surface area contributed by atoms with E-state index in [1.807, 2.05) is 4.68 Å². The topological polar surface area (TPSA) is 29.2 Å². The second kappa shape index (κ2) is 12.6. The van der Waals surface area contributed by atoms with Crippen LogP contribution in [0.5, 0.6) is 0 Å². The number of halogens is 3. The third kappa shape index (κ3) is 4.52. The second-order valence-corrected chi connectivity index (χ2v) is 17.5. The van der Waals surface area contributed by atoms with Gasteiger partial charge < -0.3 is 14.4 Å². The van der Waals surface area contributed by atoms with Crippen molar-refractivity contribution in [2.24, 2.45) is 11.8 Å². The second-order valence-electron chi connectivity index (χ2n) is 17.5. The molecule has 0 amide bonds. The van der Waals surface area contributed by atoms with Crippen molar-refractivity contribution in [2.75, 3.05) is 0 Å². The van der Waals surface area contributed by atoms with Crippen LogP contribution in [0.3, 0.4) is 0 Å². The summed E-state index contributed by atoms with van der Waals surface area (Å²) in [6.45, 7) is 8.89. The van der Waals surface area contributed by atoms with Gasteiger partial charge in [0, 0.05) is 46.8 Å². The Kier molecular flexibility index (Phi) is 7.81. The van der Waals surface area contributed by atoms with Crippen molar-refractivity contribution in [2.45, 2.75) is 108 Å². The maximum absolute atomic E-state index is 14.7. The minimum absolute atomic E-state index is 0.00942. The van der Waals surface area contributed by atoms with Gasteiger partial charge in [-0.3, -0.25) is 4.68 Å². The molecular formula is C50H50F3N5. The summed E-state index contributed by atoms with van der Waals surface area (Å²) in [4.78, 5) is 5.06. The Bertz CT molecular complexity index is 2590. The summed E-state index contributed by atoms with van der Waals surface area (Å²) in [6.07, 6.45) is 24.5. The summed E-state index contributed by atoms with van der Waals surface area (Å²) in [5.41, 5.74) is 9.69. The van der Waals surface area contributed by atoms with Crippen LogP contribution in [0.4, 0.5) is 13.2 Å². The van der Waals surface area contributed by atoms with Crippen LogP contribution in [-0.2, 0) is 18.1 Å². The van der Waals surface area contributed by atoms with Gasteiger partial charge in [0.1, 0.15) is 0 Å². The zero-order valence-electron chi connectivity index (χ0n) is 33.7. The predicted molar refractivity (Wildman–Crippen MR) is 226 cm³/mol. The summed E-state index contributed by atoms with van der Waals surface area (Å²) in [5, 5.41) is 5.86. The molecule has 1 saturated heterocycles. The van der Waals surface area contributed by atoms with E-state index in [0.717, 1.165) is 30.6 Å². The molecule has 2 aromatic carbocycles. The molecule has 4 aliphatic heterocycles. The molecule has 6 heterocycles. The number of unbranched alkanes of at least 4 members (excludes halogenated alkanes) is 1. The van der Waals surface area contributed by atoms with Crippen molar-refractivity contribution in [3.8, 4) is 5.69 Å². The highest BCUT2D eigenvalue weighted by molar-refractivity contribution is 5.92. The van der Waals surface area contributed by atoms with Crippen LogP contribution in [0, 0.1) is 11.8 Å². The number of allylic oxidation sites excluding steroid dienone is 7. The fourth-order valence-corrected chi connectivity index (χ4v) is 12.8. The summed E-state index contributed by atoms with van der Waals surface area (Å²) in [5.74, 6) is 0.179. The zero-order chi connectivity index (χ0) is 39.7. The van der Waals surface area contributed by atoms with Crippen LogP contribution in [0.25, 0.3) is 28.4 Å². The van der Waals surface area contributed by atoms with Crippen LogP contribution in [0.2, 0.25) is 0 Å². The van der Waals surface area contributed by atoms with Gasteiger partial charge in [0.2, 0.25) is 0 Å². The number of nitrogens with zero attached hydrogens (tertiary/aromatic N) is 5. The number of hydrogen-bond donors (Lipinski definition) is 0. The molecule has 0 N–H and O–H groups in total. The highest BCUT2D eigenvalue weighted by Crippen LogP contribution is 2.70. The Morgan fingerprint density at radius 2 is 1.78 bits per heavy atom. The quantitative estimate of drug-likeness (QED) is 0.187. The maximum atomic E-state index is 14.7. The van der Waals surface area contributed by atoms with Gasteiger partial charge in [0.15, 0.2) is 5.69 Å². The normalized spacial score (nSPS) is 29.9. The molecule has 8 heteroatoms. The van der Waals surface area contributed by atoms with Crippen molar-refractivity contribution < 1.29 is 13.2 Å². The highest BCUT2D eigenvalue weighted by atomic mass is 19.4. The summed E-state index contributed by atoms with van der Waals surface area (Å²) in [6, 6.07) is 19.3. The van der Waals surface area contributed by atoms with E-state index in [0.29, 0.717) is 18.5 Å². The lowest BCUT2D eigenvalue weighted by Gasteiger charge is -2.72. The standard InChI is InChI=1S/C50H50F3N5/c1-5-8-15-32-21-23-33(24-22-32)56-39-19-12-10-17-35(39)45-41(56)26-25-36-46(45)43-28-31(4)34-16-9-11-18-38(34)57(43)47(36)37-30-48(6-2)49(37,7-3)58-42(29-44(54-58)50(51,52)53)40-20-13-14-27-55(40)48/h9-12,14,16-29,36-38,46-47H,5-8,13,15,30H2,1-4H3. The van der Waals surface area contributed by atoms with Crippen LogP contribution in [0.15, 0.2) is 126 Å². The molecule has 2 fully saturated rings. The van der Waals surface area contributed by atoms with Gasteiger partial charge in [0.05, 0.1) is 39.7 Å². The van der Waals surface area contributed by atoms with E-state index in [9.17, 15) is 13.2 Å². The fourth-order valence-electron chi connectivity index (χ4n) is 12.8. The van der Waals surface area contributed by atoms with Crippen molar-refractivity contribution in [1.82, 2.24) is 24.1 Å². The van der Waals surface area contributed by atoms with Gasteiger partial charge in [-0.25, -0.2) is 0 Å². The Hall–Kier alpha value is -5.24. The molecule has 4 aromatic rings.